The van der Waals surface area contributed by atoms with Gasteiger partial charge in [-0.15, -0.1) is 0 Å². The molecule has 0 atom stereocenters. The second kappa shape index (κ2) is 3.57. The lowest BCUT2D eigenvalue weighted by Gasteiger charge is -1.97. The third-order valence-electron chi connectivity index (χ3n) is 1.94. The zero-order chi connectivity index (χ0) is 9.97. The van der Waals surface area contributed by atoms with Crippen LogP contribution in [0.5, 0.6) is 0 Å². The standard InChI is InChI=1S/C10H9FN2O/c1-2-9-10(14-6-13-9)7-3-8(11)5-12-4-7/h3-6H,2H2,1H3. The van der Waals surface area contributed by atoms with Crippen LogP contribution in [0.2, 0.25) is 0 Å². The van der Waals surface area contributed by atoms with E-state index in [1.165, 1.54) is 12.5 Å². The molecule has 0 aliphatic heterocycles. The Morgan fingerprint density at radius 3 is 3.00 bits per heavy atom. The summed E-state index contributed by atoms with van der Waals surface area (Å²) in [4.78, 5) is 7.78. The molecule has 4 heteroatoms. The van der Waals surface area contributed by atoms with Crippen LogP contribution < -0.4 is 0 Å². The summed E-state index contributed by atoms with van der Waals surface area (Å²) in [7, 11) is 0. The normalized spacial score (nSPS) is 10.4. The molecule has 72 valence electrons. The van der Waals surface area contributed by atoms with Crippen molar-refractivity contribution in [2.24, 2.45) is 0 Å². The molecule has 0 fully saturated rings. The van der Waals surface area contributed by atoms with E-state index in [1.54, 1.807) is 6.20 Å². The molecule has 0 amide bonds. The van der Waals surface area contributed by atoms with E-state index >= 15 is 0 Å². The molecule has 0 N–H and O–H groups in total. The Morgan fingerprint density at radius 2 is 2.29 bits per heavy atom. The fourth-order valence-electron chi connectivity index (χ4n) is 1.29. The van der Waals surface area contributed by atoms with Crippen molar-refractivity contribution in [3.63, 3.8) is 0 Å². The molecule has 0 bridgehead atoms. The van der Waals surface area contributed by atoms with Gasteiger partial charge in [0.15, 0.2) is 12.2 Å². The quantitative estimate of drug-likeness (QED) is 0.733. The van der Waals surface area contributed by atoms with E-state index in [-0.39, 0.29) is 5.82 Å². The van der Waals surface area contributed by atoms with Crippen LogP contribution in [-0.2, 0) is 6.42 Å². The van der Waals surface area contributed by atoms with Gasteiger partial charge < -0.3 is 4.42 Å². The van der Waals surface area contributed by atoms with Gasteiger partial charge in [0.05, 0.1) is 11.9 Å². The molecule has 0 radical (unpaired) electrons. The molecule has 2 heterocycles. The maximum atomic E-state index is 12.9. The number of rotatable bonds is 2. The van der Waals surface area contributed by atoms with Gasteiger partial charge in [-0.1, -0.05) is 6.92 Å². The SMILES string of the molecule is CCc1ncoc1-c1cncc(F)c1. The Hall–Kier alpha value is -1.71. The van der Waals surface area contributed by atoms with Crippen LogP contribution in [0, 0.1) is 5.82 Å². The molecule has 0 aromatic carbocycles. The van der Waals surface area contributed by atoms with E-state index < -0.39 is 0 Å². The topological polar surface area (TPSA) is 38.9 Å². The summed E-state index contributed by atoms with van der Waals surface area (Å²) in [5, 5.41) is 0. The van der Waals surface area contributed by atoms with Crippen LogP contribution in [0.1, 0.15) is 12.6 Å². The number of oxazole rings is 1. The van der Waals surface area contributed by atoms with Crippen molar-refractivity contribution in [1.82, 2.24) is 9.97 Å². The van der Waals surface area contributed by atoms with Crippen molar-refractivity contribution < 1.29 is 8.81 Å². The fraction of sp³-hybridized carbons (Fsp3) is 0.200. The van der Waals surface area contributed by atoms with E-state index in [2.05, 4.69) is 9.97 Å². The largest absolute Gasteiger partial charge is 0.443 e. The molecule has 3 nitrogen and oxygen atoms in total. The number of pyridine rings is 1. The fourth-order valence-corrected chi connectivity index (χ4v) is 1.29. The zero-order valence-corrected chi connectivity index (χ0v) is 7.70. The van der Waals surface area contributed by atoms with Crippen LogP contribution >= 0.6 is 0 Å². The number of halogens is 1. The molecule has 0 unspecified atom stereocenters. The highest BCUT2D eigenvalue weighted by Gasteiger charge is 2.09. The van der Waals surface area contributed by atoms with Gasteiger partial charge in [-0.05, 0) is 12.5 Å². The molecular weight excluding hydrogens is 183 g/mol. The summed E-state index contributed by atoms with van der Waals surface area (Å²) < 4.78 is 18.0. The Bertz CT molecular complexity index is 439. The van der Waals surface area contributed by atoms with Crippen LogP contribution in [-0.4, -0.2) is 9.97 Å². The molecule has 0 aliphatic rings. The smallest absolute Gasteiger partial charge is 0.181 e. The average Bonchev–Trinajstić information content (AvgIpc) is 2.65. The van der Waals surface area contributed by atoms with Crippen molar-refractivity contribution in [1.29, 1.82) is 0 Å². The van der Waals surface area contributed by atoms with Gasteiger partial charge >= 0.3 is 0 Å². The first-order chi connectivity index (χ1) is 6.81. The number of hydrogen-bond acceptors (Lipinski definition) is 3. The Kier molecular flexibility index (Phi) is 2.26. The predicted molar refractivity (Wildman–Crippen MR) is 49.1 cm³/mol. The second-order valence-electron chi connectivity index (χ2n) is 2.87. The van der Waals surface area contributed by atoms with Crippen molar-refractivity contribution in [3.8, 4) is 11.3 Å². The van der Waals surface area contributed by atoms with Crippen molar-refractivity contribution in [2.75, 3.05) is 0 Å². The number of aromatic nitrogens is 2. The monoisotopic (exact) mass is 192 g/mol. The van der Waals surface area contributed by atoms with Crippen molar-refractivity contribution in [3.05, 3.63) is 36.4 Å². The van der Waals surface area contributed by atoms with Gasteiger partial charge in [0.2, 0.25) is 0 Å². The Balaban J connectivity index is 2.49. The molecule has 14 heavy (non-hydrogen) atoms. The second-order valence-corrected chi connectivity index (χ2v) is 2.87. The first-order valence-corrected chi connectivity index (χ1v) is 4.34. The number of aryl methyl sites for hydroxylation is 1. The van der Waals surface area contributed by atoms with Crippen LogP contribution in [0.25, 0.3) is 11.3 Å². The first-order valence-electron chi connectivity index (χ1n) is 4.34. The summed E-state index contributed by atoms with van der Waals surface area (Å²) in [5.74, 6) is 0.223. The summed E-state index contributed by atoms with van der Waals surface area (Å²) in [6.07, 6.45) is 4.83. The molecule has 2 aromatic rings. The van der Waals surface area contributed by atoms with E-state index in [0.29, 0.717) is 11.3 Å². The van der Waals surface area contributed by atoms with Crippen molar-refractivity contribution in [2.45, 2.75) is 13.3 Å². The average molecular weight is 192 g/mol. The molecule has 0 saturated carbocycles. The summed E-state index contributed by atoms with van der Waals surface area (Å²) in [6, 6.07) is 1.38. The highest BCUT2D eigenvalue weighted by Crippen LogP contribution is 2.22. The maximum Gasteiger partial charge on any atom is 0.181 e. The minimum Gasteiger partial charge on any atom is -0.443 e. The van der Waals surface area contributed by atoms with Gasteiger partial charge in [-0.2, -0.15) is 0 Å². The minimum absolute atomic E-state index is 0.374. The summed E-state index contributed by atoms with van der Waals surface area (Å²) >= 11 is 0. The predicted octanol–water partition coefficient (Wildman–Crippen LogP) is 2.44. The van der Waals surface area contributed by atoms with Crippen molar-refractivity contribution >= 4 is 0 Å². The van der Waals surface area contributed by atoms with E-state index in [9.17, 15) is 4.39 Å². The van der Waals surface area contributed by atoms with E-state index in [0.717, 1.165) is 18.3 Å². The zero-order valence-electron chi connectivity index (χ0n) is 7.70. The van der Waals surface area contributed by atoms with E-state index in [1.807, 2.05) is 6.92 Å². The van der Waals surface area contributed by atoms with Gasteiger partial charge in [0, 0.05) is 11.8 Å². The maximum absolute atomic E-state index is 12.9. The lowest BCUT2D eigenvalue weighted by molar-refractivity contribution is 0.568. The minimum atomic E-state index is -0.374. The Labute approximate surface area is 80.6 Å². The molecule has 0 aliphatic carbocycles. The van der Waals surface area contributed by atoms with Crippen LogP contribution in [0.4, 0.5) is 4.39 Å². The van der Waals surface area contributed by atoms with Gasteiger partial charge in [0.1, 0.15) is 5.82 Å². The first kappa shape index (κ1) is 8.87. The lowest BCUT2D eigenvalue weighted by Crippen LogP contribution is -1.86. The highest BCUT2D eigenvalue weighted by atomic mass is 19.1. The Morgan fingerprint density at radius 1 is 1.43 bits per heavy atom. The number of nitrogens with zero attached hydrogens (tertiary/aromatic N) is 2. The lowest BCUT2D eigenvalue weighted by atomic mass is 10.1. The summed E-state index contributed by atoms with van der Waals surface area (Å²) in [5.41, 5.74) is 1.44. The van der Waals surface area contributed by atoms with Crippen LogP contribution in [0.3, 0.4) is 0 Å². The molecular formula is C10H9FN2O. The molecule has 0 saturated heterocycles. The molecule has 0 spiro atoms. The third-order valence-corrected chi connectivity index (χ3v) is 1.94. The van der Waals surface area contributed by atoms with Gasteiger partial charge in [0.25, 0.3) is 0 Å². The number of hydrogen-bond donors (Lipinski definition) is 0. The van der Waals surface area contributed by atoms with E-state index in [4.69, 9.17) is 4.42 Å². The van der Waals surface area contributed by atoms with Gasteiger partial charge in [-0.3, -0.25) is 4.98 Å². The molecule has 2 rings (SSSR count). The summed E-state index contributed by atoms with van der Waals surface area (Å²) in [6.45, 7) is 1.97. The van der Waals surface area contributed by atoms with Gasteiger partial charge in [-0.25, -0.2) is 9.37 Å². The van der Waals surface area contributed by atoms with Crippen LogP contribution in [0.15, 0.2) is 29.3 Å². The third kappa shape index (κ3) is 1.51. The molecule has 2 aromatic heterocycles. The highest BCUT2D eigenvalue weighted by molar-refractivity contribution is 5.58.